The quantitative estimate of drug-likeness (QED) is 0.661. The summed E-state index contributed by atoms with van der Waals surface area (Å²) in [6.07, 6.45) is 2.42. The Morgan fingerprint density at radius 3 is 2.81 bits per heavy atom. The molecule has 6 nitrogen and oxygen atoms in total. The summed E-state index contributed by atoms with van der Waals surface area (Å²) in [5.74, 6) is -1.49. The zero-order valence-electron chi connectivity index (χ0n) is 11.7. The van der Waals surface area contributed by atoms with Crippen molar-refractivity contribution in [3.05, 3.63) is 36.5 Å². The Hall–Kier alpha value is -2.34. The highest BCUT2D eigenvalue weighted by Crippen LogP contribution is 2.15. The van der Waals surface area contributed by atoms with E-state index < -0.39 is 17.9 Å². The molecule has 4 N–H and O–H groups in total. The SMILES string of the molecule is NC(CC(=O)O)C(=O)NCCCn1ccc2ccccc21. The second-order valence-electron chi connectivity index (χ2n) is 4.92. The normalized spacial score (nSPS) is 12.2. The van der Waals surface area contributed by atoms with Crippen molar-refractivity contribution in [2.75, 3.05) is 6.54 Å². The fourth-order valence-corrected chi connectivity index (χ4v) is 2.21. The molecule has 0 spiro atoms. The number of carboxylic acid groups (broad SMARTS) is 1. The topological polar surface area (TPSA) is 97.4 Å². The number of carbonyl (C=O) groups excluding carboxylic acids is 1. The third-order valence-electron chi connectivity index (χ3n) is 3.29. The first-order chi connectivity index (χ1) is 10.1. The van der Waals surface area contributed by atoms with Crippen molar-refractivity contribution in [3.63, 3.8) is 0 Å². The Kier molecular flexibility index (Phi) is 4.94. The summed E-state index contributed by atoms with van der Waals surface area (Å²) < 4.78 is 2.12. The summed E-state index contributed by atoms with van der Waals surface area (Å²) in [6.45, 7) is 1.25. The summed E-state index contributed by atoms with van der Waals surface area (Å²) in [7, 11) is 0. The summed E-state index contributed by atoms with van der Waals surface area (Å²) in [6, 6.07) is 9.16. The van der Waals surface area contributed by atoms with Gasteiger partial charge < -0.3 is 20.7 Å². The third-order valence-corrected chi connectivity index (χ3v) is 3.29. The van der Waals surface area contributed by atoms with E-state index >= 15 is 0 Å². The Balaban J connectivity index is 1.77. The van der Waals surface area contributed by atoms with Gasteiger partial charge in [-0.15, -0.1) is 0 Å². The molecule has 2 aromatic rings. The molecule has 0 aliphatic rings. The van der Waals surface area contributed by atoms with E-state index in [1.165, 1.54) is 5.39 Å². The van der Waals surface area contributed by atoms with E-state index in [1.54, 1.807) is 0 Å². The second kappa shape index (κ2) is 6.90. The number of nitrogens with two attached hydrogens (primary N) is 1. The molecule has 0 radical (unpaired) electrons. The van der Waals surface area contributed by atoms with Gasteiger partial charge in [0.15, 0.2) is 0 Å². The monoisotopic (exact) mass is 289 g/mol. The lowest BCUT2D eigenvalue weighted by Gasteiger charge is -2.10. The van der Waals surface area contributed by atoms with Gasteiger partial charge in [0, 0.05) is 24.8 Å². The molecule has 1 aromatic carbocycles. The Morgan fingerprint density at radius 2 is 2.05 bits per heavy atom. The first-order valence-electron chi connectivity index (χ1n) is 6.87. The summed E-state index contributed by atoms with van der Waals surface area (Å²) in [5, 5.41) is 12.4. The van der Waals surface area contributed by atoms with E-state index in [4.69, 9.17) is 10.8 Å². The minimum Gasteiger partial charge on any atom is -0.481 e. The van der Waals surface area contributed by atoms with Gasteiger partial charge in [0.25, 0.3) is 0 Å². The minimum absolute atomic E-state index is 0.353. The van der Waals surface area contributed by atoms with Crippen LogP contribution in [0, 0.1) is 0 Å². The lowest BCUT2D eigenvalue weighted by molar-refractivity contribution is -0.139. The number of benzene rings is 1. The van der Waals surface area contributed by atoms with Crippen molar-refractivity contribution in [2.45, 2.75) is 25.4 Å². The maximum atomic E-state index is 11.5. The van der Waals surface area contributed by atoms with E-state index in [-0.39, 0.29) is 6.42 Å². The van der Waals surface area contributed by atoms with Crippen molar-refractivity contribution in [1.82, 2.24) is 9.88 Å². The average Bonchev–Trinajstić information content (AvgIpc) is 2.86. The first kappa shape index (κ1) is 15.1. The van der Waals surface area contributed by atoms with Crippen LogP contribution in [-0.2, 0) is 16.1 Å². The molecule has 21 heavy (non-hydrogen) atoms. The molecular formula is C15H19N3O3. The van der Waals surface area contributed by atoms with Crippen LogP contribution in [0.2, 0.25) is 0 Å². The molecule has 1 amide bonds. The van der Waals surface area contributed by atoms with Crippen molar-refractivity contribution < 1.29 is 14.7 Å². The second-order valence-corrected chi connectivity index (χ2v) is 4.92. The highest BCUT2D eigenvalue weighted by molar-refractivity contribution is 5.85. The molecule has 0 saturated carbocycles. The van der Waals surface area contributed by atoms with Crippen LogP contribution in [0.4, 0.5) is 0 Å². The van der Waals surface area contributed by atoms with Gasteiger partial charge in [0.05, 0.1) is 12.5 Å². The van der Waals surface area contributed by atoms with Crippen molar-refractivity contribution in [1.29, 1.82) is 0 Å². The van der Waals surface area contributed by atoms with E-state index in [2.05, 4.69) is 28.1 Å². The number of amides is 1. The van der Waals surface area contributed by atoms with E-state index in [9.17, 15) is 9.59 Å². The minimum atomic E-state index is -1.07. The van der Waals surface area contributed by atoms with Crippen molar-refractivity contribution >= 4 is 22.8 Å². The van der Waals surface area contributed by atoms with Crippen LogP contribution in [0.1, 0.15) is 12.8 Å². The first-order valence-corrected chi connectivity index (χ1v) is 6.87. The molecule has 0 saturated heterocycles. The molecule has 2 rings (SSSR count). The van der Waals surface area contributed by atoms with Crippen LogP contribution in [0.15, 0.2) is 36.5 Å². The maximum absolute atomic E-state index is 11.5. The van der Waals surface area contributed by atoms with Gasteiger partial charge in [-0.3, -0.25) is 9.59 Å². The fourth-order valence-electron chi connectivity index (χ4n) is 2.21. The molecule has 1 heterocycles. The number of nitrogens with one attached hydrogen (secondary N) is 1. The van der Waals surface area contributed by atoms with Crippen LogP contribution in [0.5, 0.6) is 0 Å². The lowest BCUT2D eigenvalue weighted by atomic mass is 10.2. The Bertz CT molecular complexity index is 636. The molecule has 1 aromatic heterocycles. The highest BCUT2D eigenvalue weighted by Gasteiger charge is 2.16. The Morgan fingerprint density at radius 1 is 1.29 bits per heavy atom. The van der Waals surface area contributed by atoms with E-state index in [1.807, 2.05) is 18.3 Å². The van der Waals surface area contributed by atoms with E-state index in [0.29, 0.717) is 6.54 Å². The molecule has 0 aliphatic heterocycles. The largest absolute Gasteiger partial charge is 0.481 e. The van der Waals surface area contributed by atoms with Crippen LogP contribution in [-0.4, -0.2) is 34.1 Å². The maximum Gasteiger partial charge on any atom is 0.305 e. The molecule has 1 atom stereocenters. The van der Waals surface area contributed by atoms with Gasteiger partial charge >= 0.3 is 5.97 Å². The number of nitrogens with zero attached hydrogens (tertiary/aromatic N) is 1. The number of aryl methyl sites for hydroxylation is 1. The summed E-state index contributed by atoms with van der Waals surface area (Å²) >= 11 is 0. The summed E-state index contributed by atoms with van der Waals surface area (Å²) in [5.41, 5.74) is 6.63. The van der Waals surface area contributed by atoms with Crippen LogP contribution < -0.4 is 11.1 Å². The van der Waals surface area contributed by atoms with Crippen LogP contribution >= 0.6 is 0 Å². The lowest BCUT2D eigenvalue weighted by Crippen LogP contribution is -2.42. The molecule has 0 aliphatic carbocycles. The molecular weight excluding hydrogens is 270 g/mol. The number of aliphatic carboxylic acids is 1. The smallest absolute Gasteiger partial charge is 0.305 e. The van der Waals surface area contributed by atoms with Gasteiger partial charge in [0.2, 0.25) is 5.91 Å². The Labute approximate surface area is 122 Å². The van der Waals surface area contributed by atoms with Gasteiger partial charge in [-0.05, 0) is 23.9 Å². The fraction of sp³-hybridized carbons (Fsp3) is 0.333. The number of para-hydroxylation sites is 1. The third kappa shape index (κ3) is 4.06. The van der Waals surface area contributed by atoms with Crippen LogP contribution in [0.25, 0.3) is 10.9 Å². The number of hydrogen-bond donors (Lipinski definition) is 3. The highest BCUT2D eigenvalue weighted by atomic mass is 16.4. The van der Waals surface area contributed by atoms with Gasteiger partial charge in [0.1, 0.15) is 0 Å². The predicted molar refractivity (Wildman–Crippen MR) is 79.8 cm³/mol. The number of hydrogen-bond acceptors (Lipinski definition) is 3. The zero-order chi connectivity index (χ0) is 15.2. The zero-order valence-corrected chi connectivity index (χ0v) is 11.7. The van der Waals surface area contributed by atoms with Crippen molar-refractivity contribution in [2.24, 2.45) is 5.73 Å². The number of rotatable bonds is 7. The average molecular weight is 289 g/mol. The molecule has 1 unspecified atom stereocenters. The van der Waals surface area contributed by atoms with E-state index in [0.717, 1.165) is 18.5 Å². The molecule has 6 heteroatoms. The standard InChI is InChI=1S/C15H19N3O3/c16-12(10-14(19)20)15(21)17-7-3-8-18-9-6-11-4-1-2-5-13(11)18/h1-2,4-6,9,12H,3,7-8,10,16H2,(H,17,21)(H,19,20). The van der Waals surface area contributed by atoms with Crippen LogP contribution in [0.3, 0.4) is 0 Å². The van der Waals surface area contributed by atoms with Gasteiger partial charge in [-0.1, -0.05) is 18.2 Å². The number of fused-ring (bicyclic) bond motifs is 1. The molecule has 0 bridgehead atoms. The van der Waals surface area contributed by atoms with Gasteiger partial charge in [-0.2, -0.15) is 0 Å². The molecule has 112 valence electrons. The van der Waals surface area contributed by atoms with Crippen molar-refractivity contribution in [3.8, 4) is 0 Å². The number of carboxylic acids is 1. The number of aromatic nitrogens is 1. The number of carbonyl (C=O) groups is 2. The molecule has 0 fully saturated rings. The summed E-state index contributed by atoms with van der Waals surface area (Å²) in [4.78, 5) is 22.0. The predicted octanol–water partition coefficient (Wildman–Crippen LogP) is 0.950. The van der Waals surface area contributed by atoms with Gasteiger partial charge in [-0.25, -0.2) is 0 Å².